The predicted molar refractivity (Wildman–Crippen MR) is 144 cm³/mol. The molecule has 1 aromatic heterocycles. The van der Waals surface area contributed by atoms with Crippen molar-refractivity contribution in [2.24, 2.45) is 5.10 Å². The molecule has 0 aliphatic carbocycles. The van der Waals surface area contributed by atoms with E-state index in [2.05, 4.69) is 10.4 Å². The van der Waals surface area contributed by atoms with Gasteiger partial charge >= 0.3 is 6.03 Å². The van der Waals surface area contributed by atoms with Gasteiger partial charge in [-0.25, -0.2) is 18.9 Å². The van der Waals surface area contributed by atoms with Crippen LogP contribution in [0.2, 0.25) is 0 Å². The smallest absolute Gasteiger partial charge is 0.337 e. The molecule has 0 saturated heterocycles. The summed E-state index contributed by atoms with van der Waals surface area (Å²) in [7, 11) is 4.79. The van der Waals surface area contributed by atoms with Crippen molar-refractivity contribution in [3.8, 4) is 28.4 Å². The number of aromatic nitrogens is 2. The van der Waals surface area contributed by atoms with Crippen molar-refractivity contribution in [2.45, 2.75) is 19.4 Å². The average Bonchev–Trinajstić information content (AvgIpc) is 3.39. The zero-order chi connectivity index (χ0) is 26.8. The highest BCUT2D eigenvalue weighted by molar-refractivity contribution is 6.14. The lowest BCUT2D eigenvalue weighted by atomic mass is 9.94. The van der Waals surface area contributed by atoms with E-state index >= 15 is 0 Å². The Kier molecular flexibility index (Phi) is 6.83. The Labute approximate surface area is 220 Å². The van der Waals surface area contributed by atoms with Gasteiger partial charge in [-0.05, 0) is 73.5 Å². The van der Waals surface area contributed by atoms with Crippen molar-refractivity contribution >= 4 is 11.7 Å². The number of hydrazone groups is 1. The summed E-state index contributed by atoms with van der Waals surface area (Å²) in [5, 5.41) is 13.6. The van der Waals surface area contributed by atoms with Gasteiger partial charge < -0.3 is 14.8 Å². The fourth-order valence-corrected chi connectivity index (χ4v) is 4.56. The molecule has 1 atom stereocenters. The fourth-order valence-electron chi connectivity index (χ4n) is 4.56. The number of nitrogens with one attached hydrogen (secondary N) is 1. The number of urea groups is 1. The van der Waals surface area contributed by atoms with Gasteiger partial charge in [-0.2, -0.15) is 10.2 Å². The van der Waals surface area contributed by atoms with E-state index in [4.69, 9.17) is 14.6 Å². The van der Waals surface area contributed by atoms with Crippen molar-refractivity contribution in [2.75, 3.05) is 21.3 Å². The number of hydrogen-bond donors (Lipinski definition) is 1. The third kappa shape index (κ3) is 4.70. The zero-order valence-electron chi connectivity index (χ0n) is 21.6. The quantitative estimate of drug-likeness (QED) is 0.406. The van der Waals surface area contributed by atoms with Crippen LogP contribution in [0.15, 0.2) is 78.0 Å². The molecule has 0 saturated carbocycles. The van der Waals surface area contributed by atoms with E-state index < -0.39 is 0 Å². The molecule has 0 fully saturated rings. The lowest BCUT2D eigenvalue weighted by Gasteiger charge is -2.22. The van der Waals surface area contributed by atoms with E-state index in [9.17, 15) is 9.18 Å². The number of carbonyl (C=O) groups is 1. The second-order valence-electron chi connectivity index (χ2n) is 8.97. The van der Waals surface area contributed by atoms with Crippen LogP contribution in [0.1, 0.15) is 23.6 Å². The largest absolute Gasteiger partial charge is 0.493 e. The first-order valence-corrected chi connectivity index (χ1v) is 12.2. The third-order valence-corrected chi connectivity index (χ3v) is 6.56. The van der Waals surface area contributed by atoms with Crippen molar-refractivity contribution in [1.82, 2.24) is 20.1 Å². The maximum atomic E-state index is 13.3. The molecule has 3 aromatic carbocycles. The van der Waals surface area contributed by atoms with Crippen LogP contribution in [0.25, 0.3) is 16.9 Å². The minimum Gasteiger partial charge on any atom is -0.493 e. The van der Waals surface area contributed by atoms with E-state index in [0.29, 0.717) is 23.6 Å². The molecule has 4 aromatic rings. The molecule has 8 nitrogen and oxygen atoms in total. The Balaban J connectivity index is 1.55. The number of carbonyl (C=O) groups excluding carboxylic acids is 1. The van der Waals surface area contributed by atoms with Crippen molar-refractivity contribution < 1.29 is 18.7 Å². The molecule has 9 heteroatoms. The molecule has 5 rings (SSSR count). The van der Waals surface area contributed by atoms with Gasteiger partial charge in [-0.3, -0.25) is 0 Å². The zero-order valence-corrected chi connectivity index (χ0v) is 21.6. The number of halogens is 1. The molecule has 2 amide bonds. The minimum absolute atomic E-state index is 0.183. The Bertz CT molecular complexity index is 1500. The van der Waals surface area contributed by atoms with Crippen molar-refractivity contribution in [1.29, 1.82) is 0 Å². The molecule has 0 bridgehead atoms. The number of methoxy groups -OCH3 is 2. The summed E-state index contributed by atoms with van der Waals surface area (Å²) in [5.41, 5.74) is 5.77. The van der Waals surface area contributed by atoms with Crippen LogP contribution < -0.4 is 14.8 Å². The van der Waals surface area contributed by atoms with E-state index in [1.54, 1.807) is 38.1 Å². The maximum Gasteiger partial charge on any atom is 0.337 e. The molecular weight excluding hydrogens is 485 g/mol. The monoisotopic (exact) mass is 513 g/mol. The highest BCUT2D eigenvalue weighted by atomic mass is 19.1. The molecule has 1 aliphatic rings. The predicted octanol–water partition coefficient (Wildman–Crippen LogP) is 5.03. The molecule has 1 N–H and O–H groups in total. The summed E-state index contributed by atoms with van der Waals surface area (Å²) in [6, 6.07) is 19.3. The second kappa shape index (κ2) is 10.4. The average molecular weight is 514 g/mol. The number of hydrogen-bond acceptors (Lipinski definition) is 5. The van der Waals surface area contributed by atoms with Crippen LogP contribution in [-0.2, 0) is 6.42 Å². The number of ether oxygens (including phenoxy) is 2. The van der Waals surface area contributed by atoms with Gasteiger partial charge in [-0.1, -0.05) is 12.1 Å². The maximum absolute atomic E-state index is 13.3. The van der Waals surface area contributed by atoms with Crippen molar-refractivity contribution in [3.05, 3.63) is 95.4 Å². The molecule has 1 aliphatic heterocycles. The van der Waals surface area contributed by atoms with Gasteiger partial charge in [0.15, 0.2) is 11.5 Å². The highest BCUT2D eigenvalue weighted by Crippen LogP contribution is 2.34. The lowest BCUT2D eigenvalue weighted by molar-refractivity contribution is 0.184. The van der Waals surface area contributed by atoms with Gasteiger partial charge in [0.1, 0.15) is 5.82 Å². The van der Waals surface area contributed by atoms with Crippen LogP contribution in [0.4, 0.5) is 9.18 Å². The Morgan fingerprint density at radius 3 is 2.29 bits per heavy atom. The van der Waals surface area contributed by atoms with Crippen molar-refractivity contribution in [3.63, 3.8) is 0 Å². The van der Waals surface area contributed by atoms with E-state index in [1.165, 1.54) is 17.1 Å². The van der Waals surface area contributed by atoms with E-state index in [0.717, 1.165) is 33.6 Å². The summed E-state index contributed by atoms with van der Waals surface area (Å²) in [6.45, 7) is 1.96. The summed E-state index contributed by atoms with van der Waals surface area (Å²) >= 11 is 0. The van der Waals surface area contributed by atoms with Crippen LogP contribution in [0.5, 0.6) is 11.5 Å². The van der Waals surface area contributed by atoms with E-state index in [1.807, 2.05) is 55.6 Å². The Morgan fingerprint density at radius 1 is 0.974 bits per heavy atom. The number of amides is 2. The molecule has 0 spiro atoms. The summed E-state index contributed by atoms with van der Waals surface area (Å²) < 4.78 is 26.2. The van der Waals surface area contributed by atoms with Gasteiger partial charge in [0.05, 0.1) is 37.4 Å². The van der Waals surface area contributed by atoms with Gasteiger partial charge in [0.2, 0.25) is 0 Å². The second-order valence-corrected chi connectivity index (χ2v) is 8.97. The van der Waals surface area contributed by atoms with E-state index in [-0.39, 0.29) is 17.9 Å². The standard InChI is InChI=1S/C29H28FN5O3/c1-18-15-21-16-26(37-3)27(38-4)17-24(21)28(33-35(18)29(36)31-2)20-7-11-23(12-8-20)34-14-13-25(32-34)19-5-9-22(30)10-6-19/h5-14,16-18H,15H2,1-4H3,(H,31,36)/t18-/m0/s1. The first kappa shape index (κ1) is 25.0. The minimum atomic E-state index is -0.289. The SMILES string of the molecule is CNC(=O)N1N=C(c2ccc(-n3ccc(-c4ccc(F)cc4)n3)cc2)c2cc(OC)c(OC)cc2C[C@@H]1C. The normalized spacial score (nSPS) is 14.8. The Morgan fingerprint density at radius 2 is 1.63 bits per heavy atom. The Hall–Kier alpha value is -4.66. The first-order chi connectivity index (χ1) is 18.4. The highest BCUT2D eigenvalue weighted by Gasteiger charge is 2.28. The van der Waals surface area contributed by atoms with Gasteiger partial charge in [0.25, 0.3) is 0 Å². The van der Waals surface area contributed by atoms with Crippen LogP contribution >= 0.6 is 0 Å². The molecule has 194 valence electrons. The van der Waals surface area contributed by atoms with Gasteiger partial charge in [0, 0.05) is 29.9 Å². The molecule has 0 unspecified atom stereocenters. The number of fused-ring (bicyclic) bond motifs is 1. The molecule has 38 heavy (non-hydrogen) atoms. The summed E-state index contributed by atoms with van der Waals surface area (Å²) in [5.74, 6) is 0.922. The molecular formula is C29H28FN5O3. The van der Waals surface area contributed by atoms with Gasteiger partial charge in [-0.15, -0.1) is 0 Å². The van der Waals surface area contributed by atoms with Crippen LogP contribution in [0.3, 0.4) is 0 Å². The lowest BCUT2D eigenvalue weighted by Crippen LogP contribution is -2.41. The topological polar surface area (TPSA) is 81.0 Å². The first-order valence-electron chi connectivity index (χ1n) is 12.2. The van der Waals surface area contributed by atoms with Crippen LogP contribution in [-0.4, -0.2) is 53.8 Å². The fraction of sp³-hybridized carbons (Fsp3) is 0.207. The number of rotatable bonds is 5. The molecule has 0 radical (unpaired) electrons. The number of benzene rings is 3. The third-order valence-electron chi connectivity index (χ3n) is 6.56. The number of nitrogens with zero attached hydrogens (tertiary/aromatic N) is 4. The summed E-state index contributed by atoms with van der Waals surface area (Å²) in [6.07, 6.45) is 2.45. The summed E-state index contributed by atoms with van der Waals surface area (Å²) in [4.78, 5) is 12.7. The van der Waals surface area contributed by atoms with Crippen LogP contribution in [0, 0.1) is 5.82 Å². The molecule has 2 heterocycles.